The summed E-state index contributed by atoms with van der Waals surface area (Å²) in [5.41, 5.74) is 0. The minimum absolute atomic E-state index is 0. The summed E-state index contributed by atoms with van der Waals surface area (Å²) < 4.78 is 6.69. The van der Waals surface area contributed by atoms with Gasteiger partial charge in [-0.3, -0.25) is 0 Å². The fraction of sp³-hybridized carbons (Fsp3) is 0. The Labute approximate surface area is 30.7 Å². The maximum atomic E-state index is 6.69. The number of hydrogen-bond acceptors (Lipinski definition) is 1. The maximum absolute atomic E-state index is 6.69. The molecule has 0 aromatic carbocycles. The Hall–Kier alpha value is 0.326. The molecule has 0 saturated heterocycles. The van der Waals surface area contributed by atoms with Crippen LogP contribution in [0.5, 0.6) is 0 Å². The van der Waals surface area contributed by atoms with Crippen molar-refractivity contribution in [2.45, 2.75) is 0 Å². The topological polar surface area (TPSA) is 20.2 Å². The third-order valence-corrected chi connectivity index (χ3v) is 0. The number of halogens is 2. The molecule has 30 valence electrons. The van der Waals surface area contributed by atoms with Crippen LogP contribution in [0.15, 0.2) is 0 Å². The van der Waals surface area contributed by atoms with Gasteiger partial charge >= 0.3 is 20.3 Å². The van der Waals surface area contributed by atoms with Gasteiger partial charge in [-0.15, -0.1) is 0 Å². The number of rotatable bonds is 0. The van der Waals surface area contributed by atoms with E-state index in [-0.39, 0.29) is 9.41 Å². The SMILES string of the molecule is [F-].[F-].[OH][Co+2]. The van der Waals surface area contributed by atoms with E-state index >= 15 is 0 Å². The summed E-state index contributed by atoms with van der Waals surface area (Å²) in [5.74, 6) is 0. The van der Waals surface area contributed by atoms with Crippen LogP contribution in [0.1, 0.15) is 0 Å². The van der Waals surface area contributed by atoms with Crippen LogP contribution < -0.4 is 9.41 Å². The Kier molecular flexibility index (Phi) is 1150. The van der Waals surface area contributed by atoms with E-state index in [1.807, 2.05) is 0 Å². The van der Waals surface area contributed by atoms with Crippen LogP contribution in [0.4, 0.5) is 0 Å². The summed E-state index contributed by atoms with van der Waals surface area (Å²) in [6, 6.07) is 0. The minimum atomic E-state index is 0. The van der Waals surface area contributed by atoms with Crippen molar-refractivity contribution in [3.05, 3.63) is 0 Å². The van der Waals surface area contributed by atoms with Crippen molar-refractivity contribution in [3.63, 3.8) is 0 Å². The van der Waals surface area contributed by atoms with Gasteiger partial charge in [0.1, 0.15) is 0 Å². The van der Waals surface area contributed by atoms with Crippen LogP contribution in [0.3, 0.4) is 0 Å². The standard InChI is InChI=1S/Co.2FH.H2O/h;2*1H;1H2/q+3;;;/p-3. The second-order valence-corrected chi connectivity index (χ2v) is 0. The van der Waals surface area contributed by atoms with E-state index < -0.39 is 0 Å². The normalized spacial score (nSPS) is 1.50. The molecule has 1 nitrogen and oxygen atoms in total. The van der Waals surface area contributed by atoms with Crippen molar-refractivity contribution < 1.29 is 29.7 Å². The summed E-state index contributed by atoms with van der Waals surface area (Å²) in [7, 11) is 0. The zero-order valence-electron chi connectivity index (χ0n) is 1.54. The van der Waals surface area contributed by atoms with Crippen molar-refractivity contribution >= 4 is 0 Å². The van der Waals surface area contributed by atoms with Crippen molar-refractivity contribution in [3.8, 4) is 0 Å². The molecule has 0 spiro atoms. The fourth-order valence-electron chi connectivity index (χ4n) is 0. The molecule has 4 heavy (non-hydrogen) atoms. The van der Waals surface area contributed by atoms with Crippen LogP contribution >= 0.6 is 0 Å². The molecule has 0 saturated carbocycles. The van der Waals surface area contributed by atoms with Crippen LogP contribution in [0, 0.1) is 0 Å². The molecule has 0 heterocycles. The van der Waals surface area contributed by atoms with Crippen LogP contribution in [-0.2, 0) is 16.1 Å². The molecule has 0 unspecified atom stereocenters. The van der Waals surface area contributed by atoms with E-state index in [0.29, 0.717) is 0 Å². The van der Waals surface area contributed by atoms with Gasteiger partial charge in [-0.2, -0.15) is 0 Å². The fourth-order valence-corrected chi connectivity index (χ4v) is 0. The monoisotopic (exact) mass is 114 g/mol. The molecular formula is HCoF2O. The van der Waals surface area contributed by atoms with Crippen LogP contribution in [0.2, 0.25) is 0 Å². The van der Waals surface area contributed by atoms with E-state index in [4.69, 9.17) is 4.22 Å². The molecule has 0 amide bonds. The van der Waals surface area contributed by atoms with Gasteiger partial charge in [0.2, 0.25) is 0 Å². The second kappa shape index (κ2) is 169. The van der Waals surface area contributed by atoms with E-state index in [2.05, 4.69) is 16.1 Å². The van der Waals surface area contributed by atoms with Gasteiger partial charge in [0.15, 0.2) is 0 Å². The third kappa shape index (κ3) is 38.4. The van der Waals surface area contributed by atoms with Gasteiger partial charge in [0.25, 0.3) is 0 Å². The summed E-state index contributed by atoms with van der Waals surface area (Å²) in [6.45, 7) is 0. The molecule has 0 aliphatic heterocycles. The average molecular weight is 114 g/mol. The molecule has 1 N–H and O–H groups in total. The molecule has 0 bridgehead atoms. The average Bonchev–Trinajstić information content (AvgIpc) is 1.00. The summed E-state index contributed by atoms with van der Waals surface area (Å²) >= 11 is 2.56. The van der Waals surface area contributed by atoms with E-state index in [1.54, 1.807) is 0 Å². The summed E-state index contributed by atoms with van der Waals surface area (Å²) in [4.78, 5) is 0. The molecule has 0 aliphatic rings. The first-order chi connectivity index (χ1) is 1.00. The van der Waals surface area contributed by atoms with Crippen molar-refractivity contribution in [1.82, 2.24) is 0 Å². The van der Waals surface area contributed by atoms with Crippen molar-refractivity contribution in [2.75, 3.05) is 0 Å². The van der Waals surface area contributed by atoms with E-state index in [0.717, 1.165) is 0 Å². The van der Waals surface area contributed by atoms with Crippen LogP contribution in [-0.4, -0.2) is 4.22 Å². The van der Waals surface area contributed by atoms with Gasteiger partial charge in [-0.25, -0.2) is 0 Å². The zero-order chi connectivity index (χ0) is 2.00. The zero-order valence-corrected chi connectivity index (χ0v) is 2.58. The third-order valence-electron chi connectivity index (χ3n) is 0. The Morgan fingerprint density at radius 1 is 1.00 bits per heavy atom. The molecule has 0 atom stereocenters. The summed E-state index contributed by atoms with van der Waals surface area (Å²) in [5, 5.41) is 0. The predicted molar refractivity (Wildman–Crippen MR) is 2.22 cm³/mol. The molecule has 0 fully saturated rings. The molecule has 0 rings (SSSR count). The molecule has 0 aromatic heterocycles. The molecular weight excluding hydrogens is 113 g/mol. The Morgan fingerprint density at radius 3 is 1.00 bits per heavy atom. The molecule has 0 aliphatic carbocycles. The quantitative estimate of drug-likeness (QED) is 0.332. The Balaban J connectivity index is -0.00000000500. The van der Waals surface area contributed by atoms with Crippen molar-refractivity contribution in [2.24, 2.45) is 0 Å². The van der Waals surface area contributed by atoms with Gasteiger partial charge in [-0.1, -0.05) is 0 Å². The molecule has 0 radical (unpaired) electrons. The Morgan fingerprint density at radius 2 is 1.00 bits per heavy atom. The molecule has 0 aromatic rings. The first kappa shape index (κ1) is 27.2. The first-order valence-corrected chi connectivity index (χ1v) is 0.615. The van der Waals surface area contributed by atoms with Crippen LogP contribution in [0.25, 0.3) is 0 Å². The Bertz CT molecular complexity index is 6.00. The van der Waals surface area contributed by atoms with Gasteiger partial charge in [0, 0.05) is 0 Å². The van der Waals surface area contributed by atoms with Gasteiger partial charge in [-0.05, 0) is 0 Å². The summed E-state index contributed by atoms with van der Waals surface area (Å²) in [6.07, 6.45) is 0. The van der Waals surface area contributed by atoms with Crippen molar-refractivity contribution in [1.29, 1.82) is 0 Å². The first-order valence-electron chi connectivity index (χ1n) is 0.149. The number of hydrogen-bond donors (Lipinski definition) is 1. The van der Waals surface area contributed by atoms with E-state index in [1.165, 1.54) is 0 Å². The van der Waals surface area contributed by atoms with E-state index in [9.17, 15) is 0 Å². The van der Waals surface area contributed by atoms with Gasteiger partial charge in [0.05, 0.1) is 0 Å². The predicted octanol–water partition coefficient (Wildman–Crippen LogP) is -6.55. The second-order valence-electron chi connectivity index (χ2n) is 0. The molecule has 4 heteroatoms. The van der Waals surface area contributed by atoms with Gasteiger partial charge < -0.3 is 9.41 Å².